The van der Waals surface area contributed by atoms with Gasteiger partial charge in [-0.05, 0) is 30.5 Å². The molecule has 1 aromatic rings. The second kappa shape index (κ2) is 5.64. The van der Waals surface area contributed by atoms with Gasteiger partial charge in [0.2, 0.25) is 10.0 Å². The molecule has 1 heterocycles. The zero-order valence-electron chi connectivity index (χ0n) is 10.9. The number of hydrogen-bond acceptors (Lipinski definition) is 3. The predicted molar refractivity (Wildman–Crippen MR) is 76.5 cm³/mol. The Morgan fingerprint density at radius 1 is 1.53 bits per heavy atom. The summed E-state index contributed by atoms with van der Waals surface area (Å²) in [7, 11) is -3.50. The zero-order valence-corrected chi connectivity index (χ0v) is 11.8. The maximum absolute atomic E-state index is 12.3. The minimum atomic E-state index is -3.50. The van der Waals surface area contributed by atoms with Crippen LogP contribution in [0.25, 0.3) is 0 Å². The Morgan fingerprint density at radius 3 is 3.00 bits per heavy atom. The zero-order chi connectivity index (χ0) is 13.9. The first-order valence-electron chi connectivity index (χ1n) is 6.39. The lowest BCUT2D eigenvalue weighted by Gasteiger charge is -2.15. The molecular weight excluding hydrogens is 260 g/mol. The molecule has 2 N–H and O–H groups in total. The Kier molecular flexibility index (Phi) is 4.13. The summed E-state index contributed by atoms with van der Waals surface area (Å²) in [5.74, 6) is 2.50. The first-order valence-corrected chi connectivity index (χ1v) is 7.87. The van der Waals surface area contributed by atoms with Crippen molar-refractivity contribution in [2.75, 3.05) is 11.9 Å². The molecular formula is C14H18N2O2S. The van der Waals surface area contributed by atoms with Crippen molar-refractivity contribution in [3.8, 4) is 12.3 Å². The number of rotatable bonds is 5. The minimum Gasteiger partial charge on any atom is -0.384 e. The number of anilines is 1. The van der Waals surface area contributed by atoms with E-state index in [1.807, 2.05) is 13.0 Å². The highest BCUT2D eigenvalue weighted by atomic mass is 32.2. The highest BCUT2D eigenvalue weighted by Gasteiger charge is 2.20. The molecule has 0 aliphatic carbocycles. The van der Waals surface area contributed by atoms with Crippen molar-refractivity contribution in [2.24, 2.45) is 0 Å². The average molecular weight is 278 g/mol. The topological polar surface area (TPSA) is 58.2 Å². The molecule has 2 rings (SSSR count). The lowest BCUT2D eigenvalue weighted by atomic mass is 10.2. The van der Waals surface area contributed by atoms with Crippen LogP contribution in [0.5, 0.6) is 0 Å². The quantitative estimate of drug-likeness (QED) is 0.807. The number of fused-ring (bicyclic) bond motifs is 1. The van der Waals surface area contributed by atoms with Crippen molar-refractivity contribution in [1.29, 1.82) is 0 Å². The third kappa shape index (κ3) is 3.09. The maximum Gasteiger partial charge on any atom is 0.240 e. The molecule has 19 heavy (non-hydrogen) atoms. The Bertz CT molecular complexity index is 602. The van der Waals surface area contributed by atoms with Crippen LogP contribution < -0.4 is 10.0 Å². The molecule has 102 valence electrons. The van der Waals surface area contributed by atoms with E-state index < -0.39 is 10.0 Å². The van der Waals surface area contributed by atoms with E-state index in [9.17, 15) is 8.42 Å². The van der Waals surface area contributed by atoms with Gasteiger partial charge in [0.25, 0.3) is 0 Å². The normalized spacial score (nSPS) is 15.4. The van der Waals surface area contributed by atoms with Gasteiger partial charge in [-0.1, -0.05) is 13.0 Å². The van der Waals surface area contributed by atoms with Crippen molar-refractivity contribution >= 4 is 15.7 Å². The van der Waals surface area contributed by atoms with Gasteiger partial charge in [0.05, 0.1) is 4.90 Å². The van der Waals surface area contributed by atoms with E-state index in [-0.39, 0.29) is 10.9 Å². The largest absolute Gasteiger partial charge is 0.384 e. The first-order chi connectivity index (χ1) is 9.06. The van der Waals surface area contributed by atoms with Crippen molar-refractivity contribution in [1.82, 2.24) is 4.72 Å². The molecule has 0 spiro atoms. The summed E-state index contributed by atoms with van der Waals surface area (Å²) >= 11 is 0. The number of hydrogen-bond donors (Lipinski definition) is 2. The molecule has 0 saturated heterocycles. The molecule has 0 fully saturated rings. The fourth-order valence-electron chi connectivity index (χ4n) is 2.14. The smallest absolute Gasteiger partial charge is 0.240 e. The summed E-state index contributed by atoms with van der Waals surface area (Å²) < 4.78 is 27.2. The van der Waals surface area contributed by atoms with Crippen LogP contribution in [0.2, 0.25) is 0 Å². The number of benzene rings is 1. The van der Waals surface area contributed by atoms with Crippen molar-refractivity contribution in [3.63, 3.8) is 0 Å². The van der Waals surface area contributed by atoms with E-state index >= 15 is 0 Å². The van der Waals surface area contributed by atoms with E-state index in [2.05, 4.69) is 16.0 Å². The third-order valence-electron chi connectivity index (χ3n) is 3.28. The molecule has 5 heteroatoms. The fraction of sp³-hybridized carbons (Fsp3) is 0.429. The van der Waals surface area contributed by atoms with Crippen molar-refractivity contribution < 1.29 is 8.42 Å². The molecule has 1 aromatic carbocycles. The fourth-order valence-corrected chi connectivity index (χ4v) is 3.48. The molecule has 0 radical (unpaired) electrons. The lowest BCUT2D eigenvalue weighted by Crippen LogP contribution is -2.34. The molecule has 0 amide bonds. The molecule has 1 unspecified atom stereocenters. The van der Waals surface area contributed by atoms with E-state index in [0.717, 1.165) is 24.2 Å². The number of nitrogens with one attached hydrogen (secondary N) is 2. The Hall–Kier alpha value is -1.51. The maximum atomic E-state index is 12.3. The van der Waals surface area contributed by atoms with E-state index in [1.54, 1.807) is 12.1 Å². The average Bonchev–Trinajstić information content (AvgIpc) is 2.85. The molecule has 0 saturated carbocycles. The van der Waals surface area contributed by atoms with Crippen molar-refractivity contribution in [2.45, 2.75) is 37.1 Å². The minimum absolute atomic E-state index is 0.212. The molecule has 4 nitrogen and oxygen atoms in total. The van der Waals surface area contributed by atoms with Gasteiger partial charge in [0, 0.05) is 24.7 Å². The number of sulfonamides is 1. The van der Waals surface area contributed by atoms with Gasteiger partial charge in [-0.3, -0.25) is 0 Å². The molecule has 1 aliphatic heterocycles. The first kappa shape index (κ1) is 13.9. The van der Waals surface area contributed by atoms with E-state index in [0.29, 0.717) is 12.8 Å². The second-order valence-corrected chi connectivity index (χ2v) is 6.34. The van der Waals surface area contributed by atoms with Gasteiger partial charge in [-0.15, -0.1) is 12.3 Å². The number of terminal acetylenes is 1. The van der Waals surface area contributed by atoms with E-state index in [4.69, 9.17) is 6.42 Å². The van der Waals surface area contributed by atoms with Crippen LogP contribution in [0.1, 0.15) is 25.3 Å². The van der Waals surface area contributed by atoms with Gasteiger partial charge < -0.3 is 5.32 Å². The summed E-state index contributed by atoms with van der Waals surface area (Å²) in [5.41, 5.74) is 2.07. The highest BCUT2D eigenvalue weighted by molar-refractivity contribution is 7.89. The van der Waals surface area contributed by atoms with Gasteiger partial charge >= 0.3 is 0 Å². The summed E-state index contributed by atoms with van der Waals surface area (Å²) in [6, 6.07) is 4.99. The predicted octanol–water partition coefficient (Wildman–Crippen LogP) is 1.73. The molecule has 1 aliphatic rings. The van der Waals surface area contributed by atoms with Gasteiger partial charge in [0.15, 0.2) is 0 Å². The van der Waals surface area contributed by atoms with Crippen molar-refractivity contribution in [3.05, 3.63) is 23.8 Å². The van der Waals surface area contributed by atoms with Crippen LogP contribution in [0.4, 0.5) is 5.69 Å². The summed E-state index contributed by atoms with van der Waals surface area (Å²) in [4.78, 5) is 0.288. The molecule has 1 atom stereocenters. The SMILES string of the molecule is C#CCC(CC)NS(=O)(=O)c1ccc2c(c1)NCC2. The summed E-state index contributed by atoms with van der Waals surface area (Å²) in [6.45, 7) is 2.77. The molecule has 0 bridgehead atoms. The van der Waals surface area contributed by atoms with Crippen LogP contribution in [0.15, 0.2) is 23.1 Å². The Balaban J connectivity index is 2.22. The second-order valence-electron chi connectivity index (χ2n) is 4.63. The van der Waals surface area contributed by atoms with Crippen LogP contribution in [0, 0.1) is 12.3 Å². The Labute approximate surface area is 114 Å². The monoisotopic (exact) mass is 278 g/mol. The van der Waals surface area contributed by atoms with Gasteiger partial charge in [-0.2, -0.15) is 0 Å². The van der Waals surface area contributed by atoms with Crippen LogP contribution in [0.3, 0.4) is 0 Å². The summed E-state index contributed by atoms with van der Waals surface area (Å²) in [6.07, 6.45) is 7.26. The van der Waals surface area contributed by atoms with Crippen LogP contribution >= 0.6 is 0 Å². The lowest BCUT2D eigenvalue weighted by molar-refractivity contribution is 0.544. The summed E-state index contributed by atoms with van der Waals surface area (Å²) in [5, 5.41) is 3.18. The van der Waals surface area contributed by atoms with E-state index in [1.165, 1.54) is 0 Å². The van der Waals surface area contributed by atoms with Gasteiger partial charge in [-0.25, -0.2) is 13.1 Å². The highest BCUT2D eigenvalue weighted by Crippen LogP contribution is 2.25. The van der Waals surface area contributed by atoms with Crippen LogP contribution in [-0.4, -0.2) is 21.0 Å². The van der Waals surface area contributed by atoms with Gasteiger partial charge in [0.1, 0.15) is 0 Å². The third-order valence-corrected chi connectivity index (χ3v) is 4.80. The molecule has 0 aromatic heterocycles. The standard InChI is InChI=1S/C14H18N2O2S/c1-3-5-12(4-2)16-19(17,18)13-7-6-11-8-9-15-14(11)10-13/h1,6-7,10,12,15-16H,4-5,8-9H2,2H3. The van der Waals surface area contributed by atoms with Crippen LogP contribution in [-0.2, 0) is 16.4 Å². The Morgan fingerprint density at radius 2 is 2.32 bits per heavy atom.